The van der Waals surface area contributed by atoms with Gasteiger partial charge in [-0.2, -0.15) is 0 Å². The van der Waals surface area contributed by atoms with Crippen molar-refractivity contribution in [3.63, 3.8) is 0 Å². The standard InChI is InChI=1S/C22H22O5/c1-4-15-5-7-19-17(12-26-21(19)9-15)11-22(24)27-13-18-10-16(14(2)23)6-8-20(18)25-3/h5-10,12H,4,11,13H2,1-3H3. The summed E-state index contributed by atoms with van der Waals surface area (Å²) in [5, 5.41) is 0.917. The van der Waals surface area contributed by atoms with Crippen molar-refractivity contribution in [1.82, 2.24) is 0 Å². The van der Waals surface area contributed by atoms with Gasteiger partial charge >= 0.3 is 5.97 Å². The minimum Gasteiger partial charge on any atom is -0.496 e. The van der Waals surface area contributed by atoms with E-state index in [1.165, 1.54) is 19.6 Å². The van der Waals surface area contributed by atoms with E-state index in [1.54, 1.807) is 24.5 Å². The molecule has 0 aliphatic rings. The Morgan fingerprint density at radius 3 is 2.59 bits per heavy atom. The lowest BCUT2D eigenvalue weighted by molar-refractivity contribution is -0.144. The first-order valence-electron chi connectivity index (χ1n) is 8.84. The molecule has 0 saturated heterocycles. The summed E-state index contributed by atoms with van der Waals surface area (Å²) in [6, 6.07) is 11.1. The number of hydrogen-bond acceptors (Lipinski definition) is 5. The number of carbonyl (C=O) groups excluding carboxylic acids is 2. The summed E-state index contributed by atoms with van der Waals surface area (Å²) < 4.78 is 16.2. The molecule has 0 aliphatic carbocycles. The second-order valence-electron chi connectivity index (χ2n) is 6.37. The number of rotatable bonds is 7. The highest BCUT2D eigenvalue weighted by atomic mass is 16.5. The Labute approximate surface area is 157 Å². The normalized spacial score (nSPS) is 10.8. The highest BCUT2D eigenvalue weighted by molar-refractivity contribution is 5.94. The molecule has 1 heterocycles. The minimum absolute atomic E-state index is 0.0406. The highest BCUT2D eigenvalue weighted by Gasteiger charge is 2.14. The van der Waals surface area contributed by atoms with Gasteiger partial charge in [-0.05, 0) is 43.2 Å². The molecule has 0 saturated carbocycles. The Morgan fingerprint density at radius 2 is 1.89 bits per heavy atom. The smallest absolute Gasteiger partial charge is 0.310 e. The first-order chi connectivity index (χ1) is 13.0. The van der Waals surface area contributed by atoms with E-state index in [1.807, 2.05) is 18.2 Å². The van der Waals surface area contributed by atoms with Gasteiger partial charge in [0.25, 0.3) is 0 Å². The van der Waals surface area contributed by atoms with Gasteiger partial charge in [-0.25, -0.2) is 0 Å². The molecule has 0 aliphatic heterocycles. The molecular weight excluding hydrogens is 344 g/mol. The summed E-state index contributed by atoms with van der Waals surface area (Å²) in [7, 11) is 1.54. The molecule has 0 unspecified atom stereocenters. The number of carbonyl (C=O) groups is 2. The monoisotopic (exact) mass is 366 g/mol. The molecule has 0 atom stereocenters. The average Bonchev–Trinajstić information content (AvgIpc) is 3.07. The van der Waals surface area contributed by atoms with Gasteiger partial charge in [-0.1, -0.05) is 19.1 Å². The topological polar surface area (TPSA) is 65.7 Å². The van der Waals surface area contributed by atoms with Crippen LogP contribution in [0.2, 0.25) is 0 Å². The number of ketones is 1. The summed E-state index contributed by atoms with van der Waals surface area (Å²) >= 11 is 0. The van der Waals surface area contributed by atoms with Gasteiger partial charge in [-0.3, -0.25) is 9.59 Å². The molecule has 1 aromatic heterocycles. The second-order valence-corrected chi connectivity index (χ2v) is 6.37. The van der Waals surface area contributed by atoms with E-state index in [0.717, 1.165) is 23.0 Å². The SMILES string of the molecule is CCc1ccc2c(CC(=O)OCc3cc(C(C)=O)ccc3OC)coc2c1. The van der Waals surface area contributed by atoms with Crippen LogP contribution in [0.1, 0.15) is 40.9 Å². The maximum absolute atomic E-state index is 12.3. The number of ether oxygens (including phenoxy) is 2. The molecule has 0 amide bonds. The van der Waals surface area contributed by atoms with Gasteiger partial charge in [0.15, 0.2) is 5.78 Å². The number of aryl methyl sites for hydroxylation is 1. The molecule has 0 bridgehead atoms. The van der Waals surface area contributed by atoms with Gasteiger partial charge in [0.2, 0.25) is 0 Å². The predicted molar refractivity (Wildman–Crippen MR) is 102 cm³/mol. The average molecular weight is 366 g/mol. The third-order valence-electron chi connectivity index (χ3n) is 4.54. The number of furan rings is 1. The fourth-order valence-electron chi connectivity index (χ4n) is 2.96. The number of methoxy groups -OCH3 is 1. The molecule has 3 aromatic rings. The number of benzene rings is 2. The molecular formula is C22H22O5. The molecule has 0 spiro atoms. The summed E-state index contributed by atoms with van der Waals surface area (Å²) in [4.78, 5) is 23.9. The van der Waals surface area contributed by atoms with E-state index in [2.05, 4.69) is 6.92 Å². The molecule has 0 N–H and O–H groups in total. The number of Topliss-reactive ketones (excluding diaryl/α,β-unsaturated/α-hetero) is 1. The maximum atomic E-state index is 12.3. The van der Waals surface area contributed by atoms with Crippen LogP contribution in [0.4, 0.5) is 0 Å². The van der Waals surface area contributed by atoms with E-state index in [0.29, 0.717) is 16.9 Å². The van der Waals surface area contributed by atoms with E-state index >= 15 is 0 Å². The lowest BCUT2D eigenvalue weighted by Crippen LogP contribution is -2.09. The molecule has 0 radical (unpaired) electrons. The maximum Gasteiger partial charge on any atom is 0.310 e. The molecule has 3 rings (SSSR count). The van der Waals surface area contributed by atoms with Crippen molar-refractivity contribution in [3.05, 3.63) is 64.9 Å². The summed E-state index contributed by atoms with van der Waals surface area (Å²) in [5.41, 5.74) is 3.95. The van der Waals surface area contributed by atoms with Crippen molar-refractivity contribution in [2.75, 3.05) is 7.11 Å². The van der Waals surface area contributed by atoms with Crippen molar-refractivity contribution in [2.45, 2.75) is 33.3 Å². The van der Waals surface area contributed by atoms with E-state index < -0.39 is 0 Å². The molecule has 140 valence electrons. The van der Waals surface area contributed by atoms with Crippen LogP contribution in [-0.2, 0) is 29.0 Å². The number of fused-ring (bicyclic) bond motifs is 1. The molecule has 5 nitrogen and oxygen atoms in total. The van der Waals surface area contributed by atoms with E-state index in [-0.39, 0.29) is 24.8 Å². The molecule has 2 aromatic carbocycles. The van der Waals surface area contributed by atoms with Crippen LogP contribution < -0.4 is 4.74 Å². The predicted octanol–water partition coefficient (Wildman–Crippen LogP) is 4.49. The fourth-order valence-corrected chi connectivity index (χ4v) is 2.96. The first kappa shape index (κ1) is 18.7. The zero-order valence-corrected chi connectivity index (χ0v) is 15.7. The van der Waals surface area contributed by atoms with Crippen LogP contribution in [-0.4, -0.2) is 18.9 Å². The van der Waals surface area contributed by atoms with Crippen molar-refractivity contribution in [3.8, 4) is 5.75 Å². The van der Waals surface area contributed by atoms with Gasteiger partial charge in [-0.15, -0.1) is 0 Å². The Hall–Kier alpha value is -3.08. The summed E-state index contributed by atoms with van der Waals surface area (Å²) in [6.45, 7) is 3.61. The van der Waals surface area contributed by atoms with Crippen LogP contribution in [0, 0.1) is 0 Å². The third-order valence-corrected chi connectivity index (χ3v) is 4.54. The zero-order valence-electron chi connectivity index (χ0n) is 15.7. The highest BCUT2D eigenvalue weighted by Crippen LogP contribution is 2.24. The van der Waals surface area contributed by atoms with Crippen LogP contribution in [0.5, 0.6) is 5.75 Å². The van der Waals surface area contributed by atoms with Gasteiger partial charge in [0.1, 0.15) is 17.9 Å². The quantitative estimate of drug-likeness (QED) is 0.455. The van der Waals surface area contributed by atoms with Crippen molar-refractivity contribution in [1.29, 1.82) is 0 Å². The van der Waals surface area contributed by atoms with Crippen molar-refractivity contribution >= 4 is 22.7 Å². The second kappa shape index (κ2) is 8.08. The Kier molecular flexibility index (Phi) is 5.60. The lowest BCUT2D eigenvalue weighted by Gasteiger charge is -2.10. The van der Waals surface area contributed by atoms with E-state index in [9.17, 15) is 9.59 Å². The van der Waals surface area contributed by atoms with Gasteiger partial charge < -0.3 is 13.9 Å². The Morgan fingerprint density at radius 1 is 1.07 bits per heavy atom. The van der Waals surface area contributed by atoms with Crippen LogP contribution >= 0.6 is 0 Å². The summed E-state index contributed by atoms with van der Waals surface area (Å²) in [5.74, 6) is 0.155. The van der Waals surface area contributed by atoms with Crippen molar-refractivity contribution < 1.29 is 23.5 Å². The first-order valence-corrected chi connectivity index (χ1v) is 8.84. The lowest BCUT2D eigenvalue weighted by atomic mass is 10.1. The minimum atomic E-state index is -0.368. The van der Waals surface area contributed by atoms with Gasteiger partial charge in [0, 0.05) is 22.1 Å². The Bertz CT molecular complexity index is 984. The zero-order chi connectivity index (χ0) is 19.4. The third kappa shape index (κ3) is 4.19. The van der Waals surface area contributed by atoms with Crippen molar-refractivity contribution in [2.24, 2.45) is 0 Å². The van der Waals surface area contributed by atoms with Crippen LogP contribution in [0.3, 0.4) is 0 Å². The summed E-state index contributed by atoms with van der Waals surface area (Å²) in [6.07, 6.45) is 2.64. The fraction of sp³-hybridized carbons (Fsp3) is 0.273. The largest absolute Gasteiger partial charge is 0.496 e. The molecule has 27 heavy (non-hydrogen) atoms. The van der Waals surface area contributed by atoms with Crippen LogP contribution in [0.25, 0.3) is 11.0 Å². The molecule has 0 fully saturated rings. The molecule has 5 heteroatoms. The van der Waals surface area contributed by atoms with Crippen LogP contribution in [0.15, 0.2) is 47.1 Å². The Balaban J connectivity index is 1.70. The number of esters is 1. The number of hydrogen-bond donors (Lipinski definition) is 0. The van der Waals surface area contributed by atoms with Gasteiger partial charge in [0.05, 0.1) is 19.8 Å². The van der Waals surface area contributed by atoms with E-state index in [4.69, 9.17) is 13.9 Å².